The van der Waals surface area contributed by atoms with E-state index in [4.69, 9.17) is 9.15 Å². The molecule has 0 fully saturated rings. The topological polar surface area (TPSA) is 90.1 Å². The van der Waals surface area contributed by atoms with E-state index in [0.29, 0.717) is 17.1 Å². The van der Waals surface area contributed by atoms with E-state index in [1.807, 2.05) is 6.07 Å². The average molecular weight is 310 g/mol. The van der Waals surface area contributed by atoms with Gasteiger partial charge in [0.15, 0.2) is 5.76 Å². The lowest BCUT2D eigenvalue weighted by Gasteiger charge is -2.08. The number of carbonyl (C=O) groups is 1. The number of amides is 1. The van der Waals surface area contributed by atoms with E-state index in [1.165, 1.54) is 0 Å². The van der Waals surface area contributed by atoms with Gasteiger partial charge in [-0.3, -0.25) is 9.97 Å². The smallest absolute Gasteiger partial charge is 0.407 e. The fourth-order valence-electron chi connectivity index (χ4n) is 1.95. The summed E-state index contributed by atoms with van der Waals surface area (Å²) in [4.78, 5) is 24.2. The first-order chi connectivity index (χ1) is 11.3. The molecule has 0 spiro atoms. The lowest BCUT2D eigenvalue weighted by molar-refractivity contribution is 0.139. The number of hydrogen-bond donors (Lipinski definition) is 1. The van der Waals surface area contributed by atoms with E-state index < -0.39 is 6.09 Å². The number of nitrogens with one attached hydrogen (secondary N) is 1. The summed E-state index contributed by atoms with van der Waals surface area (Å²) in [6.45, 7) is 0.348. The minimum Gasteiger partial charge on any atom is -0.463 e. The number of rotatable bonds is 5. The Morgan fingerprint density at radius 2 is 2.09 bits per heavy atom. The molecule has 0 aromatic carbocycles. The van der Waals surface area contributed by atoms with Crippen molar-refractivity contribution in [1.82, 2.24) is 20.3 Å². The average Bonchev–Trinajstić information content (AvgIpc) is 3.14. The van der Waals surface area contributed by atoms with Crippen LogP contribution >= 0.6 is 0 Å². The minimum atomic E-state index is -0.537. The first kappa shape index (κ1) is 14.7. The fourth-order valence-corrected chi connectivity index (χ4v) is 1.95. The molecule has 7 heteroatoms. The lowest BCUT2D eigenvalue weighted by Crippen LogP contribution is -2.24. The van der Waals surface area contributed by atoms with Crippen LogP contribution < -0.4 is 5.32 Å². The van der Waals surface area contributed by atoms with Crippen LogP contribution in [-0.4, -0.2) is 21.0 Å². The molecule has 23 heavy (non-hydrogen) atoms. The van der Waals surface area contributed by atoms with Crippen LogP contribution in [0.2, 0.25) is 0 Å². The van der Waals surface area contributed by atoms with Crippen LogP contribution in [0.15, 0.2) is 59.7 Å². The molecule has 0 unspecified atom stereocenters. The number of nitrogens with zero attached hydrogens (tertiary/aromatic N) is 3. The van der Waals surface area contributed by atoms with E-state index >= 15 is 0 Å². The molecule has 0 saturated heterocycles. The molecule has 0 aliphatic carbocycles. The highest BCUT2D eigenvalue weighted by Crippen LogP contribution is 2.19. The summed E-state index contributed by atoms with van der Waals surface area (Å²) in [6, 6.07) is 7.17. The summed E-state index contributed by atoms with van der Waals surface area (Å²) >= 11 is 0. The van der Waals surface area contributed by atoms with Crippen LogP contribution in [0.5, 0.6) is 0 Å². The predicted molar refractivity (Wildman–Crippen MR) is 81.0 cm³/mol. The number of pyridine rings is 1. The van der Waals surface area contributed by atoms with Gasteiger partial charge in [0.05, 0.1) is 18.5 Å². The van der Waals surface area contributed by atoms with Gasteiger partial charge in [0, 0.05) is 30.4 Å². The highest BCUT2D eigenvalue weighted by atomic mass is 16.5. The molecule has 116 valence electrons. The van der Waals surface area contributed by atoms with Crippen LogP contribution in [-0.2, 0) is 17.9 Å². The van der Waals surface area contributed by atoms with Gasteiger partial charge in [0.25, 0.3) is 0 Å². The van der Waals surface area contributed by atoms with Gasteiger partial charge >= 0.3 is 6.09 Å². The number of hydrogen-bond acceptors (Lipinski definition) is 6. The standard InChI is InChI=1S/C16H14N4O3/c21-16(23-11-12-3-1-5-17-9-12)20-10-13-15(19-7-6-18-13)14-4-2-8-22-14/h1-9H,10-11H2,(H,20,21). The third-order valence-corrected chi connectivity index (χ3v) is 3.02. The summed E-state index contributed by atoms with van der Waals surface area (Å²) < 4.78 is 10.4. The Labute approximate surface area is 132 Å². The van der Waals surface area contributed by atoms with Crippen LogP contribution in [0.3, 0.4) is 0 Å². The number of aromatic nitrogens is 3. The normalized spacial score (nSPS) is 10.3. The Kier molecular flexibility index (Phi) is 4.58. The maximum atomic E-state index is 11.8. The number of furan rings is 1. The largest absolute Gasteiger partial charge is 0.463 e. The zero-order valence-electron chi connectivity index (χ0n) is 12.2. The van der Waals surface area contributed by atoms with Crippen molar-refractivity contribution < 1.29 is 13.9 Å². The molecule has 0 aliphatic heterocycles. The van der Waals surface area contributed by atoms with Gasteiger partial charge in [-0.15, -0.1) is 0 Å². The van der Waals surface area contributed by atoms with Gasteiger partial charge in [-0.1, -0.05) is 6.07 Å². The highest BCUT2D eigenvalue weighted by Gasteiger charge is 2.11. The van der Waals surface area contributed by atoms with Crippen molar-refractivity contribution in [2.45, 2.75) is 13.2 Å². The molecule has 7 nitrogen and oxygen atoms in total. The maximum absolute atomic E-state index is 11.8. The Hall–Kier alpha value is -3.22. The zero-order chi connectivity index (χ0) is 15.9. The molecule has 1 N–H and O–H groups in total. The van der Waals surface area contributed by atoms with Crippen molar-refractivity contribution in [3.8, 4) is 11.5 Å². The SMILES string of the molecule is O=C(NCc1nccnc1-c1ccco1)OCc1cccnc1. The van der Waals surface area contributed by atoms with Gasteiger partial charge < -0.3 is 14.5 Å². The Bertz CT molecular complexity index is 760. The summed E-state index contributed by atoms with van der Waals surface area (Å²) in [5.41, 5.74) is 2.00. The van der Waals surface area contributed by atoms with Gasteiger partial charge in [-0.2, -0.15) is 0 Å². The molecule has 0 aliphatic rings. The second-order valence-corrected chi connectivity index (χ2v) is 4.62. The first-order valence-corrected chi connectivity index (χ1v) is 6.96. The third-order valence-electron chi connectivity index (χ3n) is 3.02. The fraction of sp³-hybridized carbons (Fsp3) is 0.125. The summed E-state index contributed by atoms with van der Waals surface area (Å²) in [5, 5.41) is 2.65. The highest BCUT2D eigenvalue weighted by molar-refractivity contribution is 5.67. The van der Waals surface area contributed by atoms with Gasteiger partial charge in [-0.05, 0) is 18.2 Å². The second-order valence-electron chi connectivity index (χ2n) is 4.62. The Balaban J connectivity index is 1.57. The molecular weight excluding hydrogens is 296 g/mol. The lowest BCUT2D eigenvalue weighted by atomic mass is 10.2. The van der Waals surface area contributed by atoms with Crippen molar-refractivity contribution in [3.05, 3.63) is 66.6 Å². The molecule has 3 rings (SSSR count). The third kappa shape index (κ3) is 3.91. The van der Waals surface area contributed by atoms with Crippen molar-refractivity contribution in [2.24, 2.45) is 0 Å². The molecule has 0 radical (unpaired) electrons. The molecular formula is C16H14N4O3. The van der Waals surface area contributed by atoms with E-state index in [0.717, 1.165) is 5.56 Å². The van der Waals surface area contributed by atoms with Crippen LogP contribution in [0.25, 0.3) is 11.5 Å². The van der Waals surface area contributed by atoms with Crippen molar-refractivity contribution >= 4 is 6.09 Å². The quantitative estimate of drug-likeness (QED) is 0.779. The first-order valence-electron chi connectivity index (χ1n) is 6.96. The molecule has 1 amide bonds. The van der Waals surface area contributed by atoms with E-state index in [1.54, 1.807) is 49.2 Å². The second kappa shape index (κ2) is 7.17. The van der Waals surface area contributed by atoms with Crippen molar-refractivity contribution in [1.29, 1.82) is 0 Å². The molecule has 0 bridgehead atoms. The summed E-state index contributed by atoms with van der Waals surface area (Å²) in [6.07, 6.45) is 7.46. The molecule has 0 saturated carbocycles. The van der Waals surface area contributed by atoms with Gasteiger partial charge in [0.2, 0.25) is 0 Å². The van der Waals surface area contributed by atoms with Crippen LogP contribution in [0.4, 0.5) is 4.79 Å². The van der Waals surface area contributed by atoms with E-state index in [-0.39, 0.29) is 13.2 Å². The zero-order valence-corrected chi connectivity index (χ0v) is 12.2. The van der Waals surface area contributed by atoms with E-state index in [2.05, 4.69) is 20.3 Å². The number of ether oxygens (including phenoxy) is 1. The van der Waals surface area contributed by atoms with Crippen molar-refractivity contribution in [3.63, 3.8) is 0 Å². The minimum absolute atomic E-state index is 0.158. The maximum Gasteiger partial charge on any atom is 0.407 e. The molecule has 3 aromatic heterocycles. The van der Waals surface area contributed by atoms with Crippen LogP contribution in [0.1, 0.15) is 11.3 Å². The Morgan fingerprint density at radius 1 is 1.17 bits per heavy atom. The van der Waals surface area contributed by atoms with E-state index in [9.17, 15) is 4.79 Å². The summed E-state index contributed by atoms with van der Waals surface area (Å²) in [5.74, 6) is 0.596. The summed E-state index contributed by atoms with van der Waals surface area (Å²) in [7, 11) is 0. The van der Waals surface area contributed by atoms with Crippen molar-refractivity contribution in [2.75, 3.05) is 0 Å². The monoisotopic (exact) mass is 310 g/mol. The Morgan fingerprint density at radius 3 is 2.87 bits per heavy atom. The molecule has 3 heterocycles. The number of carbonyl (C=O) groups excluding carboxylic acids is 1. The number of alkyl carbamates (subject to hydrolysis) is 1. The molecule has 0 atom stereocenters. The predicted octanol–water partition coefficient (Wildman–Crippen LogP) is 2.56. The molecule has 3 aromatic rings. The van der Waals surface area contributed by atoms with Gasteiger partial charge in [0.1, 0.15) is 12.3 Å². The van der Waals surface area contributed by atoms with Crippen LogP contribution in [0, 0.1) is 0 Å². The van der Waals surface area contributed by atoms with Gasteiger partial charge in [-0.25, -0.2) is 9.78 Å².